The molecule has 3 rings (SSSR count). The Kier molecular flexibility index (Phi) is 6.43. The quantitative estimate of drug-likeness (QED) is 0.697. The third-order valence-electron chi connectivity index (χ3n) is 4.27. The zero-order chi connectivity index (χ0) is 19.1. The lowest BCUT2D eigenvalue weighted by Gasteiger charge is -2.12. The molecule has 1 aliphatic heterocycles. The lowest BCUT2D eigenvalue weighted by atomic mass is 10.2. The highest BCUT2D eigenvalue weighted by molar-refractivity contribution is 5.92. The van der Waals surface area contributed by atoms with Gasteiger partial charge in [-0.2, -0.15) is 5.10 Å². The molecule has 3 N–H and O–H groups in total. The lowest BCUT2D eigenvalue weighted by molar-refractivity contribution is -0.116. The maximum Gasteiger partial charge on any atom is 0.319 e. The van der Waals surface area contributed by atoms with Crippen LogP contribution in [0.3, 0.4) is 0 Å². The Bertz CT molecular complexity index is 766. The molecule has 2 heterocycles. The highest BCUT2D eigenvalue weighted by Gasteiger charge is 2.16. The molecule has 8 nitrogen and oxygen atoms in total. The first kappa shape index (κ1) is 18.9. The van der Waals surface area contributed by atoms with Gasteiger partial charge in [-0.05, 0) is 49.6 Å². The summed E-state index contributed by atoms with van der Waals surface area (Å²) < 4.78 is 7.21. The molecule has 0 bridgehead atoms. The van der Waals surface area contributed by atoms with Gasteiger partial charge in [-0.1, -0.05) is 0 Å². The molecule has 1 aliphatic rings. The second-order valence-corrected chi connectivity index (χ2v) is 6.63. The first-order valence-electron chi connectivity index (χ1n) is 9.14. The molecule has 0 radical (unpaired) electrons. The van der Waals surface area contributed by atoms with Gasteiger partial charge in [0.25, 0.3) is 0 Å². The molecule has 3 amide bonds. The van der Waals surface area contributed by atoms with Gasteiger partial charge in [-0.15, -0.1) is 0 Å². The molecule has 8 heteroatoms. The van der Waals surface area contributed by atoms with E-state index in [0.29, 0.717) is 30.9 Å². The van der Waals surface area contributed by atoms with Crippen LogP contribution in [0.1, 0.15) is 24.8 Å². The Morgan fingerprint density at radius 1 is 1.22 bits per heavy atom. The van der Waals surface area contributed by atoms with Crippen LogP contribution in [0, 0.1) is 6.92 Å². The Labute approximate surface area is 158 Å². The molecule has 1 aromatic carbocycles. The van der Waals surface area contributed by atoms with Crippen molar-refractivity contribution >= 4 is 23.3 Å². The van der Waals surface area contributed by atoms with Crippen molar-refractivity contribution in [2.75, 3.05) is 23.8 Å². The Hall–Kier alpha value is -2.87. The van der Waals surface area contributed by atoms with Crippen molar-refractivity contribution in [1.82, 2.24) is 15.1 Å². The number of hydrogen-bond acceptors (Lipinski definition) is 4. The normalized spacial score (nSPS) is 16.1. The number of carbonyl (C=O) groups is 2. The van der Waals surface area contributed by atoms with Crippen LogP contribution in [-0.2, 0) is 16.1 Å². The van der Waals surface area contributed by atoms with Crippen LogP contribution in [0.5, 0.6) is 0 Å². The van der Waals surface area contributed by atoms with Crippen molar-refractivity contribution in [2.24, 2.45) is 0 Å². The van der Waals surface area contributed by atoms with Gasteiger partial charge >= 0.3 is 6.03 Å². The van der Waals surface area contributed by atoms with Gasteiger partial charge in [0, 0.05) is 43.7 Å². The molecular formula is C19H25N5O3. The lowest BCUT2D eigenvalue weighted by Crippen LogP contribution is -2.35. The van der Waals surface area contributed by atoms with Crippen LogP contribution in [0.25, 0.3) is 0 Å². The molecule has 1 atom stereocenters. The number of aryl methyl sites for hydroxylation is 2. The van der Waals surface area contributed by atoms with Crippen LogP contribution >= 0.6 is 0 Å². The number of urea groups is 1. The SMILES string of the molecule is Cc1cnn(CCC(=O)Nc2ccc(NC(=O)NCC3CCCO3)cc2)c1. The summed E-state index contributed by atoms with van der Waals surface area (Å²) in [7, 11) is 0. The van der Waals surface area contributed by atoms with Gasteiger partial charge in [0.05, 0.1) is 12.3 Å². The smallest absolute Gasteiger partial charge is 0.319 e. The number of hydrogen-bond donors (Lipinski definition) is 3. The number of nitrogens with one attached hydrogen (secondary N) is 3. The van der Waals surface area contributed by atoms with Crippen LogP contribution in [0.2, 0.25) is 0 Å². The molecule has 0 spiro atoms. The van der Waals surface area contributed by atoms with Gasteiger partial charge in [-0.3, -0.25) is 9.48 Å². The first-order valence-corrected chi connectivity index (χ1v) is 9.14. The zero-order valence-corrected chi connectivity index (χ0v) is 15.4. The van der Waals surface area contributed by atoms with Gasteiger partial charge in [0.15, 0.2) is 0 Å². The topological polar surface area (TPSA) is 97.3 Å². The Morgan fingerprint density at radius 3 is 2.59 bits per heavy atom. The summed E-state index contributed by atoms with van der Waals surface area (Å²) in [6.07, 6.45) is 6.14. The molecule has 1 saturated heterocycles. The fraction of sp³-hybridized carbons (Fsp3) is 0.421. The maximum atomic E-state index is 12.0. The van der Waals surface area contributed by atoms with Crippen LogP contribution < -0.4 is 16.0 Å². The molecule has 0 aliphatic carbocycles. The van der Waals surface area contributed by atoms with E-state index >= 15 is 0 Å². The van der Waals surface area contributed by atoms with Crippen molar-refractivity contribution in [3.8, 4) is 0 Å². The molecule has 1 aromatic heterocycles. The van der Waals surface area contributed by atoms with E-state index in [2.05, 4.69) is 21.0 Å². The molecule has 27 heavy (non-hydrogen) atoms. The minimum absolute atomic E-state index is 0.0850. The molecule has 144 valence electrons. The van der Waals surface area contributed by atoms with Crippen LogP contribution in [-0.4, -0.2) is 41.0 Å². The predicted molar refractivity (Wildman–Crippen MR) is 103 cm³/mol. The average molecular weight is 371 g/mol. The third-order valence-corrected chi connectivity index (χ3v) is 4.27. The van der Waals surface area contributed by atoms with Crippen molar-refractivity contribution in [1.29, 1.82) is 0 Å². The molecule has 1 unspecified atom stereocenters. The maximum absolute atomic E-state index is 12.0. The summed E-state index contributed by atoms with van der Waals surface area (Å²) in [4.78, 5) is 23.9. The highest BCUT2D eigenvalue weighted by atomic mass is 16.5. The third kappa shape index (κ3) is 6.10. The molecule has 0 saturated carbocycles. The van der Waals surface area contributed by atoms with E-state index in [1.807, 2.05) is 13.1 Å². The molecular weight excluding hydrogens is 346 g/mol. The number of nitrogens with zero attached hydrogens (tertiary/aromatic N) is 2. The monoisotopic (exact) mass is 371 g/mol. The van der Waals surface area contributed by atoms with Crippen LogP contribution in [0.4, 0.5) is 16.2 Å². The van der Waals surface area contributed by atoms with Gasteiger partial charge in [0.1, 0.15) is 0 Å². The van der Waals surface area contributed by atoms with E-state index in [0.717, 1.165) is 25.0 Å². The number of ether oxygens (including phenoxy) is 1. The minimum atomic E-state index is -0.267. The number of aromatic nitrogens is 2. The molecule has 2 aromatic rings. The van der Waals surface area contributed by atoms with E-state index in [1.54, 1.807) is 35.1 Å². The molecule has 1 fully saturated rings. The predicted octanol–water partition coefficient (Wildman–Crippen LogP) is 2.52. The fourth-order valence-corrected chi connectivity index (χ4v) is 2.85. The zero-order valence-electron chi connectivity index (χ0n) is 15.4. The number of rotatable bonds is 7. The number of anilines is 2. The number of benzene rings is 1. The number of carbonyl (C=O) groups excluding carboxylic acids is 2. The Morgan fingerprint density at radius 2 is 1.96 bits per heavy atom. The summed E-state index contributed by atoms with van der Waals surface area (Å²) in [5.41, 5.74) is 2.41. The van der Waals surface area contributed by atoms with Crippen molar-refractivity contribution < 1.29 is 14.3 Å². The van der Waals surface area contributed by atoms with Crippen molar-refractivity contribution in [2.45, 2.75) is 38.8 Å². The van der Waals surface area contributed by atoms with Crippen molar-refractivity contribution in [3.63, 3.8) is 0 Å². The second kappa shape index (κ2) is 9.18. The summed E-state index contributed by atoms with van der Waals surface area (Å²) in [6, 6.07) is 6.74. The summed E-state index contributed by atoms with van der Waals surface area (Å²) in [6.45, 7) is 3.77. The standard InChI is InChI=1S/C19H25N5O3/c1-14-11-21-24(13-14)9-8-18(25)22-15-4-6-16(7-5-15)23-19(26)20-12-17-3-2-10-27-17/h4-7,11,13,17H,2-3,8-10,12H2,1H3,(H,22,25)(H2,20,23,26). The highest BCUT2D eigenvalue weighted by Crippen LogP contribution is 2.14. The van der Waals surface area contributed by atoms with E-state index < -0.39 is 0 Å². The second-order valence-electron chi connectivity index (χ2n) is 6.63. The van der Waals surface area contributed by atoms with Gasteiger partial charge in [0.2, 0.25) is 5.91 Å². The van der Waals surface area contributed by atoms with E-state index in [-0.39, 0.29) is 18.0 Å². The Balaban J connectivity index is 1.39. The van der Waals surface area contributed by atoms with E-state index in [9.17, 15) is 9.59 Å². The minimum Gasteiger partial charge on any atom is -0.376 e. The first-order chi connectivity index (χ1) is 13.1. The van der Waals surface area contributed by atoms with Crippen LogP contribution in [0.15, 0.2) is 36.7 Å². The summed E-state index contributed by atoms with van der Waals surface area (Å²) in [5.74, 6) is -0.0850. The van der Waals surface area contributed by atoms with Crippen molar-refractivity contribution in [3.05, 3.63) is 42.2 Å². The average Bonchev–Trinajstić information content (AvgIpc) is 3.31. The largest absolute Gasteiger partial charge is 0.376 e. The van der Waals surface area contributed by atoms with Gasteiger partial charge < -0.3 is 20.7 Å². The summed E-state index contributed by atoms with van der Waals surface area (Å²) in [5, 5.41) is 12.6. The van der Waals surface area contributed by atoms with Gasteiger partial charge in [-0.25, -0.2) is 4.79 Å². The number of amides is 3. The summed E-state index contributed by atoms with van der Waals surface area (Å²) >= 11 is 0. The fourth-order valence-electron chi connectivity index (χ4n) is 2.85. The van der Waals surface area contributed by atoms with E-state index in [4.69, 9.17) is 4.74 Å². The van der Waals surface area contributed by atoms with E-state index in [1.165, 1.54) is 0 Å².